The molecule has 0 saturated carbocycles. The summed E-state index contributed by atoms with van der Waals surface area (Å²) >= 11 is 13.3. The summed E-state index contributed by atoms with van der Waals surface area (Å²) in [7, 11) is 10.6. The number of H-pyrrole nitrogens is 2. The van der Waals surface area contributed by atoms with Crippen molar-refractivity contribution in [2.75, 3.05) is 75.1 Å². The molecule has 78 heavy (non-hydrogen) atoms. The van der Waals surface area contributed by atoms with E-state index in [-0.39, 0.29) is 29.0 Å². The summed E-state index contributed by atoms with van der Waals surface area (Å²) in [5, 5.41) is 22.2. The maximum Gasteiger partial charge on any atom is 0.495 e. The van der Waals surface area contributed by atoms with Gasteiger partial charge in [0.15, 0.2) is 23.2 Å². The van der Waals surface area contributed by atoms with E-state index in [1.165, 1.54) is 18.3 Å². The zero-order valence-corrected chi connectivity index (χ0v) is 50.8. The number of carbonyl (C=O) groups excluding carboxylic acids is 1. The Morgan fingerprint density at radius 2 is 1.33 bits per heavy atom. The van der Waals surface area contributed by atoms with Crippen LogP contribution in [-0.4, -0.2) is 142 Å². The number of nitrogens with zero attached hydrogens (tertiary/aromatic N) is 13. The molecule has 0 aromatic carbocycles. The zero-order chi connectivity index (χ0) is 57.1. The first kappa shape index (κ1) is 60.7. The molecule has 0 amide bonds. The van der Waals surface area contributed by atoms with Gasteiger partial charge in [-0.25, -0.2) is 34.6 Å². The predicted molar refractivity (Wildman–Crippen MR) is 327 cm³/mol. The molecule has 1 aliphatic heterocycles. The van der Waals surface area contributed by atoms with Crippen LogP contribution in [0.2, 0.25) is 35.9 Å². The Kier molecular flexibility index (Phi) is 20.5. The van der Waals surface area contributed by atoms with Crippen LogP contribution in [0.15, 0.2) is 91.9 Å². The number of ether oxygens (including phenoxy) is 1. The summed E-state index contributed by atoms with van der Waals surface area (Å²) in [5.41, 5.74) is 19.5. The summed E-state index contributed by atoms with van der Waals surface area (Å²) in [4.78, 5) is 40.9. The smallest absolute Gasteiger partial charge is 0.399 e. The third-order valence-electron chi connectivity index (χ3n) is 12.4. The summed E-state index contributed by atoms with van der Waals surface area (Å²) in [6, 6.07) is 16.0. The van der Waals surface area contributed by atoms with E-state index in [1.54, 1.807) is 37.1 Å². The number of nitrogens with two attached hydrogens (primary N) is 2. The summed E-state index contributed by atoms with van der Waals surface area (Å²) in [6.07, 6.45) is 12.5. The van der Waals surface area contributed by atoms with Crippen LogP contribution in [0.4, 0.5) is 28.7 Å². The highest BCUT2D eigenvalue weighted by atomic mass is 127. The van der Waals surface area contributed by atoms with E-state index < -0.39 is 8.07 Å². The molecule has 6 N–H and O–H groups in total. The van der Waals surface area contributed by atoms with Crippen LogP contribution < -0.4 is 31.6 Å². The number of hydrogen-bond donors (Lipinski definition) is 4. The minimum atomic E-state index is -1.05. The van der Waals surface area contributed by atoms with Crippen molar-refractivity contribution >= 4 is 135 Å². The Balaban J connectivity index is 0.000000161. The van der Waals surface area contributed by atoms with Gasteiger partial charge in [-0.1, -0.05) is 42.8 Å². The van der Waals surface area contributed by atoms with Crippen molar-refractivity contribution in [3.63, 3.8) is 0 Å². The lowest BCUT2D eigenvalue weighted by Gasteiger charge is -2.32. The number of halogens is 3. The second-order valence-electron chi connectivity index (χ2n) is 20.6. The van der Waals surface area contributed by atoms with Crippen LogP contribution >= 0.6 is 45.8 Å². The number of pyridine rings is 6. The molecular formula is C52H67BCl2IN17O4Si. The van der Waals surface area contributed by atoms with Gasteiger partial charge < -0.3 is 40.2 Å². The lowest BCUT2D eigenvalue weighted by molar-refractivity contribution is 0.00578. The number of aromatic amines is 2. The average Bonchev–Trinajstić information content (AvgIpc) is 4.19. The normalized spacial score (nSPS) is 13.3. The van der Waals surface area contributed by atoms with E-state index in [0.29, 0.717) is 35.3 Å². The fourth-order valence-electron chi connectivity index (χ4n) is 7.50. The van der Waals surface area contributed by atoms with Crippen LogP contribution in [0.1, 0.15) is 38.1 Å². The molecule has 10 rings (SSSR count). The van der Waals surface area contributed by atoms with Gasteiger partial charge in [0, 0.05) is 99.7 Å². The molecule has 0 unspecified atom stereocenters. The highest BCUT2D eigenvalue weighted by Crippen LogP contribution is 2.37. The number of nitrogen functional groups attached to an aromatic ring is 2. The van der Waals surface area contributed by atoms with Crippen LogP contribution in [-0.2, 0) is 20.8 Å². The summed E-state index contributed by atoms with van der Waals surface area (Å²) in [5.74, 6) is 0.961. The van der Waals surface area contributed by atoms with Gasteiger partial charge in [0.25, 0.3) is 0 Å². The molecule has 10 heterocycles. The quantitative estimate of drug-likeness (QED) is 0.0309. The van der Waals surface area contributed by atoms with Crippen molar-refractivity contribution in [1.82, 2.24) is 60.1 Å². The first-order valence-electron chi connectivity index (χ1n) is 24.6. The summed E-state index contributed by atoms with van der Waals surface area (Å²) < 4.78 is 20.4. The van der Waals surface area contributed by atoms with Crippen molar-refractivity contribution in [1.29, 1.82) is 0 Å². The number of hydrogen-bond acceptors (Lipinski definition) is 18. The molecule has 1 fully saturated rings. The SMILES string of the molecule is CC1(C)OB(c2ccnc(N)c2)OC1(C)C.CN(C)c1ccnc2[nH]ncc12.CN(C)c1ccnc2c1c(I)nn2COCC[Si](C)(C)C.CN(C)c1ccnc2n[nH]c(-c3ccnc(N)c3)c12.O=Cc1c(Cl)ccnc1Cl. The van der Waals surface area contributed by atoms with Crippen LogP contribution in [0.25, 0.3) is 44.4 Å². The van der Waals surface area contributed by atoms with Crippen LogP contribution in [0.3, 0.4) is 0 Å². The molecule has 0 bridgehead atoms. The molecule has 0 atom stereocenters. The predicted octanol–water partition coefficient (Wildman–Crippen LogP) is 9.27. The first-order valence-corrected chi connectivity index (χ1v) is 30.1. The first-order chi connectivity index (χ1) is 36.8. The third-order valence-corrected chi connectivity index (χ3v) is 15.5. The second-order valence-corrected chi connectivity index (χ2v) is 28.0. The van der Waals surface area contributed by atoms with Gasteiger partial charge >= 0.3 is 7.12 Å². The fraction of sp³-hybridized carbons (Fsp3) is 0.346. The third kappa shape index (κ3) is 15.4. The Bertz CT molecular complexity index is 3410. The molecule has 1 saturated heterocycles. The van der Waals surface area contributed by atoms with E-state index in [0.717, 1.165) is 71.5 Å². The van der Waals surface area contributed by atoms with Crippen molar-refractivity contribution in [3.8, 4) is 11.3 Å². The zero-order valence-electron chi connectivity index (χ0n) is 46.2. The van der Waals surface area contributed by atoms with Crippen molar-refractivity contribution < 1.29 is 18.8 Å². The number of rotatable bonds is 11. The Morgan fingerprint density at radius 1 is 0.756 bits per heavy atom. The second kappa shape index (κ2) is 26.4. The molecule has 9 aromatic rings. The van der Waals surface area contributed by atoms with Gasteiger partial charge in [-0.05, 0) is 110 Å². The lowest BCUT2D eigenvalue weighted by atomic mass is 9.80. The minimum absolute atomic E-state index is 0.141. The number of anilines is 5. The number of aldehydes is 1. The summed E-state index contributed by atoms with van der Waals surface area (Å²) in [6.45, 7) is 16.4. The molecule has 1 aliphatic rings. The van der Waals surface area contributed by atoms with Gasteiger partial charge in [-0.15, -0.1) is 0 Å². The molecule has 21 nitrogen and oxygen atoms in total. The van der Waals surface area contributed by atoms with Crippen molar-refractivity contribution in [3.05, 3.63) is 111 Å². The lowest BCUT2D eigenvalue weighted by Crippen LogP contribution is -2.41. The minimum Gasteiger partial charge on any atom is -0.399 e. The van der Waals surface area contributed by atoms with Crippen molar-refractivity contribution in [2.45, 2.75) is 71.3 Å². The standard InChI is InChI=1S/C14H23IN4OSi.C13H14N6.C11H17BN2O2.C8H10N4.C6H3Cl2NO/c1-18(2)11-6-7-16-14-12(11)13(15)17-19(14)10-20-8-9-21(3,4)5;1-19(2)9-4-6-16-13-11(9)12(17-18-13)8-3-5-15-10(14)7-8;1-10(2)11(3,4)16-12(15-10)8-5-6-14-9(13)7-8;1-12(2)7-3-4-9-8-6(7)5-10-11-8;7-5-1-2-9-6(8)4(5)3-10/h6-7H,8-10H2,1-5H3;3-7H,1-2H3,(H2,14,15)(H,16,17,18);5-7H,1-4H3,(H2,13,14);3-5H,1-2H3,(H,9,10,11);1-3H. The molecule has 0 aliphatic carbocycles. The topological polar surface area (TPSA) is 259 Å². The van der Waals surface area contributed by atoms with Gasteiger partial charge in [0.1, 0.15) is 27.2 Å². The largest absolute Gasteiger partial charge is 0.495 e. The monoisotopic (exact) mass is 1230 g/mol. The molecule has 0 radical (unpaired) electrons. The van der Waals surface area contributed by atoms with E-state index in [1.807, 2.05) is 127 Å². The number of aromatic nitrogens is 12. The van der Waals surface area contributed by atoms with E-state index >= 15 is 0 Å². The van der Waals surface area contributed by atoms with E-state index in [9.17, 15) is 4.79 Å². The van der Waals surface area contributed by atoms with E-state index in [4.69, 9.17) is 48.7 Å². The number of fused-ring (bicyclic) bond motifs is 3. The van der Waals surface area contributed by atoms with Crippen molar-refractivity contribution in [2.24, 2.45) is 0 Å². The highest BCUT2D eigenvalue weighted by molar-refractivity contribution is 14.1. The molecule has 412 valence electrons. The molecule has 26 heteroatoms. The Morgan fingerprint density at radius 3 is 1.92 bits per heavy atom. The average molecular weight is 1230 g/mol. The van der Waals surface area contributed by atoms with Gasteiger partial charge in [0.2, 0.25) is 0 Å². The van der Waals surface area contributed by atoms with Gasteiger partial charge in [-0.2, -0.15) is 15.3 Å². The van der Waals surface area contributed by atoms with Gasteiger partial charge in [0.05, 0.1) is 66.9 Å². The van der Waals surface area contributed by atoms with E-state index in [2.05, 4.69) is 103 Å². The Hall–Kier alpha value is -6.55. The van der Waals surface area contributed by atoms with Crippen LogP contribution in [0, 0.1) is 3.70 Å². The molecular weight excluding hydrogens is 1160 g/mol. The highest BCUT2D eigenvalue weighted by Gasteiger charge is 2.51. The fourth-order valence-corrected chi connectivity index (χ4v) is 9.47. The number of carbonyl (C=O) groups is 1. The maximum absolute atomic E-state index is 10.2. The van der Waals surface area contributed by atoms with Gasteiger partial charge in [-0.3, -0.25) is 15.0 Å². The number of nitrogens with one attached hydrogen (secondary N) is 2. The molecule has 9 aromatic heterocycles. The Labute approximate surface area is 479 Å². The van der Waals surface area contributed by atoms with Crippen LogP contribution in [0.5, 0.6) is 0 Å². The maximum atomic E-state index is 10.2. The molecule has 0 spiro atoms.